The van der Waals surface area contributed by atoms with Crippen molar-refractivity contribution >= 4 is 22.8 Å². The maximum absolute atomic E-state index is 12.9. The first kappa shape index (κ1) is 18.3. The molecule has 3 aromatic rings. The van der Waals surface area contributed by atoms with Gasteiger partial charge in [0.1, 0.15) is 17.4 Å². The van der Waals surface area contributed by atoms with Crippen molar-refractivity contribution in [2.45, 2.75) is 32.5 Å². The van der Waals surface area contributed by atoms with E-state index in [-0.39, 0.29) is 11.7 Å². The molecule has 1 aromatic carbocycles. The summed E-state index contributed by atoms with van der Waals surface area (Å²) in [6, 6.07) is 5.35. The van der Waals surface area contributed by atoms with Crippen LogP contribution in [0.25, 0.3) is 22.3 Å². The molecule has 0 saturated carbocycles. The van der Waals surface area contributed by atoms with Crippen molar-refractivity contribution in [2.75, 3.05) is 11.9 Å². The van der Waals surface area contributed by atoms with Crippen molar-refractivity contribution < 1.29 is 18.0 Å². The average Bonchev–Trinajstić information content (AvgIpc) is 3.06. The van der Waals surface area contributed by atoms with Gasteiger partial charge >= 0.3 is 6.18 Å². The average molecular weight is 389 g/mol. The van der Waals surface area contributed by atoms with Crippen molar-refractivity contribution in [3.63, 3.8) is 0 Å². The molecule has 6 nitrogen and oxygen atoms in total. The molecular formula is C19H18F3N5O. The number of benzene rings is 1. The van der Waals surface area contributed by atoms with Crippen LogP contribution in [0.15, 0.2) is 24.3 Å². The third-order valence-corrected chi connectivity index (χ3v) is 4.81. The Morgan fingerprint density at radius 3 is 2.71 bits per heavy atom. The Hall–Kier alpha value is -3.10. The van der Waals surface area contributed by atoms with Crippen molar-refractivity contribution in [1.29, 1.82) is 0 Å². The zero-order valence-electron chi connectivity index (χ0n) is 15.2. The van der Waals surface area contributed by atoms with Crippen LogP contribution in [0.5, 0.6) is 0 Å². The number of hydrogen-bond donors (Lipinski definition) is 3. The third-order valence-electron chi connectivity index (χ3n) is 4.81. The first-order chi connectivity index (χ1) is 13.2. The summed E-state index contributed by atoms with van der Waals surface area (Å²) < 4.78 is 38.8. The standard InChI is InChI=1S/C19H18F3N5O/c1-9-17(25-10(2)19(20,21)22)27-16-11(4-3-5-14(16)24-9)15-8-12-13(26-15)6-7-23-18(12)28/h3-5,8,10,26H,6-7H2,1-2H3,(H,23,28)(H,25,27)/t10-/m0/s1. The van der Waals surface area contributed by atoms with Crippen molar-refractivity contribution in [1.82, 2.24) is 20.3 Å². The molecule has 3 heterocycles. The van der Waals surface area contributed by atoms with Crippen LogP contribution in [0.3, 0.4) is 0 Å². The highest BCUT2D eigenvalue weighted by molar-refractivity contribution is 5.99. The van der Waals surface area contributed by atoms with Gasteiger partial charge < -0.3 is 15.6 Å². The highest BCUT2D eigenvalue weighted by Gasteiger charge is 2.36. The van der Waals surface area contributed by atoms with Crippen LogP contribution in [-0.2, 0) is 6.42 Å². The summed E-state index contributed by atoms with van der Waals surface area (Å²) >= 11 is 0. The molecule has 28 heavy (non-hydrogen) atoms. The lowest BCUT2D eigenvalue weighted by atomic mass is 10.1. The summed E-state index contributed by atoms with van der Waals surface area (Å²) in [5.74, 6) is -0.0638. The number of nitrogens with zero attached hydrogens (tertiary/aromatic N) is 2. The van der Waals surface area contributed by atoms with Gasteiger partial charge in [0.15, 0.2) is 0 Å². The van der Waals surface area contributed by atoms with E-state index in [0.717, 1.165) is 12.6 Å². The van der Waals surface area contributed by atoms with Gasteiger partial charge in [-0.1, -0.05) is 12.1 Å². The van der Waals surface area contributed by atoms with Gasteiger partial charge in [0.2, 0.25) is 0 Å². The minimum absolute atomic E-state index is 0.0823. The number of anilines is 1. The number of aromatic amines is 1. The quantitative estimate of drug-likeness (QED) is 0.639. The Morgan fingerprint density at radius 1 is 1.21 bits per heavy atom. The lowest BCUT2D eigenvalue weighted by Crippen LogP contribution is -2.33. The molecule has 2 aromatic heterocycles. The number of hydrogen-bond acceptors (Lipinski definition) is 4. The summed E-state index contributed by atoms with van der Waals surface area (Å²) in [5.41, 5.74) is 4.17. The Bertz CT molecular complexity index is 1070. The third kappa shape index (κ3) is 3.17. The number of carbonyl (C=O) groups excluding carboxylic acids is 1. The van der Waals surface area contributed by atoms with Gasteiger partial charge in [0.25, 0.3) is 5.91 Å². The number of amides is 1. The van der Waals surface area contributed by atoms with E-state index in [0.29, 0.717) is 46.5 Å². The summed E-state index contributed by atoms with van der Waals surface area (Å²) in [6.07, 6.45) is -3.71. The van der Waals surface area contributed by atoms with E-state index in [1.807, 2.05) is 0 Å². The van der Waals surface area contributed by atoms with E-state index >= 15 is 0 Å². The van der Waals surface area contributed by atoms with Gasteiger partial charge in [0.05, 0.1) is 16.8 Å². The van der Waals surface area contributed by atoms with Crippen molar-refractivity contribution in [3.8, 4) is 11.3 Å². The summed E-state index contributed by atoms with van der Waals surface area (Å²) in [4.78, 5) is 24.1. The van der Waals surface area contributed by atoms with E-state index in [1.54, 1.807) is 31.2 Å². The monoisotopic (exact) mass is 389 g/mol. The number of alkyl halides is 3. The number of nitrogens with one attached hydrogen (secondary N) is 3. The molecule has 4 rings (SSSR count). The maximum atomic E-state index is 12.9. The fourth-order valence-corrected chi connectivity index (χ4v) is 3.24. The van der Waals surface area contributed by atoms with Crippen LogP contribution in [0, 0.1) is 6.92 Å². The number of fused-ring (bicyclic) bond motifs is 2. The fourth-order valence-electron chi connectivity index (χ4n) is 3.24. The van der Waals surface area contributed by atoms with Gasteiger partial charge in [0, 0.05) is 29.9 Å². The van der Waals surface area contributed by atoms with Crippen LogP contribution < -0.4 is 10.6 Å². The normalized spacial score (nSPS) is 15.2. The van der Waals surface area contributed by atoms with E-state index in [9.17, 15) is 18.0 Å². The minimum Gasteiger partial charge on any atom is -0.358 e. The Balaban J connectivity index is 1.82. The second kappa shape index (κ2) is 6.50. The number of halogens is 3. The lowest BCUT2D eigenvalue weighted by Gasteiger charge is -2.19. The molecule has 0 aliphatic carbocycles. The topological polar surface area (TPSA) is 82.7 Å². The molecule has 1 amide bonds. The van der Waals surface area contributed by atoms with Crippen LogP contribution in [-0.4, -0.2) is 39.6 Å². The smallest absolute Gasteiger partial charge is 0.358 e. The lowest BCUT2D eigenvalue weighted by molar-refractivity contribution is -0.138. The van der Waals surface area contributed by atoms with Crippen molar-refractivity contribution in [3.05, 3.63) is 41.2 Å². The summed E-state index contributed by atoms with van der Waals surface area (Å²) in [7, 11) is 0. The first-order valence-corrected chi connectivity index (χ1v) is 8.85. The summed E-state index contributed by atoms with van der Waals surface area (Å²) in [6.45, 7) is 3.21. The zero-order chi connectivity index (χ0) is 20.1. The van der Waals surface area contributed by atoms with Crippen LogP contribution in [0.1, 0.15) is 28.7 Å². The molecule has 146 valence electrons. The van der Waals surface area contributed by atoms with Crippen molar-refractivity contribution in [2.24, 2.45) is 0 Å². The molecule has 9 heteroatoms. The molecular weight excluding hydrogens is 371 g/mol. The molecule has 0 radical (unpaired) electrons. The summed E-state index contributed by atoms with van der Waals surface area (Å²) in [5, 5.41) is 5.19. The molecule has 3 N–H and O–H groups in total. The number of aromatic nitrogens is 3. The SMILES string of the molecule is Cc1nc2cccc(-c3cc4c([nH]3)CCNC4=O)c2nc1N[C@@H](C)C(F)(F)F. The molecule has 0 bridgehead atoms. The predicted octanol–water partition coefficient (Wildman–Crippen LogP) is 3.58. The van der Waals surface area contributed by atoms with Gasteiger partial charge in [-0.05, 0) is 26.0 Å². The van der Waals surface area contributed by atoms with Crippen LogP contribution in [0.4, 0.5) is 19.0 Å². The number of carbonyl (C=O) groups is 1. The van der Waals surface area contributed by atoms with E-state index in [4.69, 9.17) is 0 Å². The maximum Gasteiger partial charge on any atom is 0.408 e. The largest absolute Gasteiger partial charge is 0.408 e. The number of aryl methyl sites for hydroxylation is 1. The minimum atomic E-state index is -4.39. The number of H-pyrrole nitrogens is 1. The van der Waals surface area contributed by atoms with Crippen LogP contribution >= 0.6 is 0 Å². The van der Waals surface area contributed by atoms with Gasteiger partial charge in [-0.15, -0.1) is 0 Å². The number of para-hydroxylation sites is 1. The Morgan fingerprint density at radius 2 is 2.00 bits per heavy atom. The molecule has 0 fully saturated rings. The van der Waals surface area contributed by atoms with Gasteiger partial charge in [-0.2, -0.15) is 13.2 Å². The fraction of sp³-hybridized carbons (Fsp3) is 0.316. The number of rotatable bonds is 3. The zero-order valence-corrected chi connectivity index (χ0v) is 15.2. The highest BCUT2D eigenvalue weighted by atomic mass is 19.4. The van der Waals surface area contributed by atoms with Crippen LogP contribution in [0.2, 0.25) is 0 Å². The van der Waals surface area contributed by atoms with Gasteiger partial charge in [-0.25, -0.2) is 9.97 Å². The molecule has 0 saturated heterocycles. The van der Waals surface area contributed by atoms with E-state index in [1.165, 1.54) is 0 Å². The second-order valence-corrected chi connectivity index (χ2v) is 6.82. The first-order valence-electron chi connectivity index (χ1n) is 8.85. The second-order valence-electron chi connectivity index (χ2n) is 6.82. The highest BCUT2D eigenvalue weighted by Crippen LogP contribution is 2.31. The molecule has 1 aliphatic heterocycles. The Labute approximate surface area is 158 Å². The molecule has 0 spiro atoms. The molecule has 1 aliphatic rings. The predicted molar refractivity (Wildman–Crippen MR) is 99.2 cm³/mol. The van der Waals surface area contributed by atoms with E-state index in [2.05, 4.69) is 25.6 Å². The Kier molecular flexibility index (Phi) is 4.24. The van der Waals surface area contributed by atoms with Gasteiger partial charge in [-0.3, -0.25) is 4.79 Å². The molecule has 1 atom stereocenters. The van der Waals surface area contributed by atoms with E-state index < -0.39 is 12.2 Å². The molecule has 0 unspecified atom stereocenters.